The highest BCUT2D eigenvalue weighted by atomic mass is 32.2. The molecule has 2 heterocycles. The molecule has 0 N–H and O–H groups in total. The summed E-state index contributed by atoms with van der Waals surface area (Å²) in [5.41, 5.74) is 0. The van der Waals surface area contributed by atoms with Crippen molar-refractivity contribution in [1.29, 1.82) is 0 Å². The predicted molar refractivity (Wildman–Crippen MR) is 79.3 cm³/mol. The molecule has 1 aromatic heterocycles. The molecule has 0 unspecified atom stereocenters. The third-order valence-electron chi connectivity index (χ3n) is 3.43. The molecule has 1 fully saturated rings. The van der Waals surface area contributed by atoms with Gasteiger partial charge in [-0.1, -0.05) is 6.92 Å². The average Bonchev–Trinajstić information content (AvgIpc) is 2.87. The Balaban J connectivity index is 2.18. The number of hydrogen-bond acceptors (Lipinski definition) is 4. The number of hydrogen-bond donors (Lipinski definition) is 0. The van der Waals surface area contributed by atoms with Crippen LogP contribution in [0.15, 0.2) is 16.3 Å². The molecule has 1 amide bonds. The molecule has 2 rings (SSSR count). The number of sulfonamides is 1. The van der Waals surface area contributed by atoms with Crippen LogP contribution < -0.4 is 0 Å². The second-order valence-electron chi connectivity index (χ2n) is 5.09. The summed E-state index contributed by atoms with van der Waals surface area (Å²) in [7, 11) is -3.53. The maximum Gasteiger partial charge on any atom is 0.253 e. The van der Waals surface area contributed by atoms with Crippen molar-refractivity contribution in [1.82, 2.24) is 9.21 Å². The summed E-state index contributed by atoms with van der Waals surface area (Å²) < 4.78 is 26.6. The van der Waals surface area contributed by atoms with Crippen LogP contribution in [-0.4, -0.2) is 49.2 Å². The van der Waals surface area contributed by atoms with E-state index in [1.807, 2.05) is 26.8 Å². The van der Waals surface area contributed by atoms with Crippen molar-refractivity contribution < 1.29 is 13.2 Å². The van der Waals surface area contributed by atoms with E-state index < -0.39 is 10.0 Å². The van der Waals surface area contributed by atoms with Gasteiger partial charge in [0.1, 0.15) is 4.21 Å². The zero-order valence-electron chi connectivity index (χ0n) is 12.0. The second kappa shape index (κ2) is 5.83. The zero-order valence-corrected chi connectivity index (χ0v) is 13.6. The number of thiophene rings is 1. The Labute approximate surface area is 124 Å². The fourth-order valence-corrected chi connectivity index (χ4v) is 5.06. The molecule has 20 heavy (non-hydrogen) atoms. The smallest absolute Gasteiger partial charge is 0.253 e. The van der Waals surface area contributed by atoms with Crippen molar-refractivity contribution >= 4 is 27.3 Å². The molecular weight excluding hydrogens is 296 g/mol. The van der Waals surface area contributed by atoms with Gasteiger partial charge in [0.25, 0.3) is 10.0 Å². The van der Waals surface area contributed by atoms with Crippen LogP contribution in [0.2, 0.25) is 0 Å². The number of carbonyl (C=O) groups excluding carboxylic acids is 1. The third kappa shape index (κ3) is 2.89. The number of piperazine rings is 1. The Kier molecular flexibility index (Phi) is 4.51. The van der Waals surface area contributed by atoms with Gasteiger partial charge in [0, 0.05) is 24.0 Å². The molecule has 7 heteroatoms. The number of rotatable bonds is 4. The Morgan fingerprint density at radius 1 is 1.30 bits per heavy atom. The summed E-state index contributed by atoms with van der Waals surface area (Å²) in [5, 5.41) is 0. The van der Waals surface area contributed by atoms with Gasteiger partial charge in [-0.25, -0.2) is 8.42 Å². The maximum absolute atomic E-state index is 12.5. The minimum absolute atomic E-state index is 0.0557. The normalized spacial score (nSPS) is 18.0. The van der Waals surface area contributed by atoms with Crippen molar-refractivity contribution in [3.63, 3.8) is 0 Å². The van der Waals surface area contributed by atoms with Gasteiger partial charge < -0.3 is 4.90 Å². The monoisotopic (exact) mass is 316 g/mol. The Morgan fingerprint density at radius 3 is 2.50 bits per heavy atom. The van der Waals surface area contributed by atoms with E-state index in [9.17, 15) is 13.2 Å². The summed E-state index contributed by atoms with van der Waals surface area (Å²) in [5.74, 6) is -0.123. The summed E-state index contributed by atoms with van der Waals surface area (Å²) in [6.45, 7) is 6.64. The molecule has 1 aromatic rings. The molecular formula is C13H20N2O3S2. The highest BCUT2D eigenvalue weighted by molar-refractivity contribution is 7.91. The van der Waals surface area contributed by atoms with Gasteiger partial charge in [0.05, 0.1) is 6.54 Å². The predicted octanol–water partition coefficient (Wildman–Crippen LogP) is 1.55. The molecule has 0 atom stereocenters. The van der Waals surface area contributed by atoms with Crippen LogP contribution in [0.5, 0.6) is 0 Å². The van der Waals surface area contributed by atoms with Gasteiger partial charge in [0.15, 0.2) is 0 Å². The Morgan fingerprint density at radius 2 is 2.00 bits per heavy atom. The standard InChI is InChI=1S/C13H20N2O3S2/c1-4-11-5-6-13(19-11)20(17,18)14-7-8-15(10(2)3)12(16)9-14/h5-6,10H,4,7-9H2,1-3H3. The lowest BCUT2D eigenvalue weighted by Crippen LogP contribution is -2.54. The number of amides is 1. The quantitative estimate of drug-likeness (QED) is 0.847. The van der Waals surface area contributed by atoms with Gasteiger partial charge in [-0.3, -0.25) is 4.79 Å². The van der Waals surface area contributed by atoms with Crippen LogP contribution in [0.4, 0.5) is 0 Å². The molecule has 5 nitrogen and oxygen atoms in total. The topological polar surface area (TPSA) is 57.7 Å². The van der Waals surface area contributed by atoms with Crippen molar-refractivity contribution in [2.75, 3.05) is 19.6 Å². The molecule has 0 radical (unpaired) electrons. The Bertz CT molecular complexity index is 593. The maximum atomic E-state index is 12.5. The van der Waals surface area contributed by atoms with Crippen LogP contribution in [-0.2, 0) is 21.2 Å². The van der Waals surface area contributed by atoms with Crippen LogP contribution in [0.3, 0.4) is 0 Å². The third-order valence-corrected chi connectivity index (χ3v) is 6.97. The van der Waals surface area contributed by atoms with E-state index in [0.29, 0.717) is 17.3 Å². The van der Waals surface area contributed by atoms with Gasteiger partial charge in [-0.2, -0.15) is 4.31 Å². The lowest BCUT2D eigenvalue weighted by Gasteiger charge is -2.35. The van der Waals surface area contributed by atoms with E-state index in [2.05, 4.69) is 0 Å². The van der Waals surface area contributed by atoms with Crippen LogP contribution in [0.25, 0.3) is 0 Å². The van der Waals surface area contributed by atoms with E-state index >= 15 is 0 Å². The SMILES string of the molecule is CCc1ccc(S(=O)(=O)N2CCN(C(C)C)C(=O)C2)s1. The average molecular weight is 316 g/mol. The summed E-state index contributed by atoms with van der Waals surface area (Å²) in [6, 6.07) is 3.59. The largest absolute Gasteiger partial charge is 0.338 e. The minimum atomic E-state index is -3.53. The number of nitrogens with zero attached hydrogens (tertiary/aromatic N) is 2. The Hall–Kier alpha value is -0.920. The van der Waals surface area contributed by atoms with Crippen LogP contribution in [0.1, 0.15) is 25.6 Å². The van der Waals surface area contributed by atoms with Crippen molar-refractivity contribution in [2.24, 2.45) is 0 Å². The fourth-order valence-electron chi connectivity index (χ4n) is 2.23. The molecule has 112 valence electrons. The second-order valence-corrected chi connectivity index (χ2v) is 8.43. The molecule has 0 bridgehead atoms. The van der Waals surface area contributed by atoms with E-state index in [4.69, 9.17) is 0 Å². The molecule has 0 saturated carbocycles. The first kappa shape index (κ1) is 15.5. The van der Waals surface area contributed by atoms with Gasteiger partial charge >= 0.3 is 0 Å². The van der Waals surface area contributed by atoms with Gasteiger partial charge in [0.2, 0.25) is 5.91 Å². The minimum Gasteiger partial charge on any atom is -0.338 e. The summed E-state index contributed by atoms with van der Waals surface area (Å²) in [4.78, 5) is 14.8. The van der Waals surface area contributed by atoms with E-state index in [-0.39, 0.29) is 18.5 Å². The lowest BCUT2D eigenvalue weighted by atomic mass is 10.2. The molecule has 0 aromatic carbocycles. The van der Waals surface area contributed by atoms with E-state index in [0.717, 1.165) is 11.3 Å². The fraction of sp³-hybridized carbons (Fsp3) is 0.615. The first-order valence-corrected chi connectivity index (χ1v) is 9.00. The van der Waals surface area contributed by atoms with E-state index in [1.165, 1.54) is 15.6 Å². The first-order valence-electron chi connectivity index (χ1n) is 6.74. The van der Waals surface area contributed by atoms with Crippen LogP contribution in [0, 0.1) is 0 Å². The van der Waals surface area contributed by atoms with Gasteiger partial charge in [-0.05, 0) is 32.4 Å². The summed E-state index contributed by atoms with van der Waals surface area (Å²) >= 11 is 1.29. The van der Waals surface area contributed by atoms with Gasteiger partial charge in [-0.15, -0.1) is 11.3 Å². The highest BCUT2D eigenvalue weighted by Crippen LogP contribution is 2.26. The molecule has 0 aliphatic carbocycles. The lowest BCUT2D eigenvalue weighted by molar-refractivity contribution is -0.135. The first-order chi connectivity index (χ1) is 9.36. The molecule has 1 saturated heterocycles. The van der Waals surface area contributed by atoms with Crippen molar-refractivity contribution in [3.8, 4) is 0 Å². The number of aryl methyl sites for hydroxylation is 1. The zero-order chi connectivity index (χ0) is 14.9. The summed E-state index contributed by atoms with van der Waals surface area (Å²) in [6.07, 6.45) is 0.820. The van der Waals surface area contributed by atoms with Crippen molar-refractivity contribution in [2.45, 2.75) is 37.4 Å². The van der Waals surface area contributed by atoms with Crippen molar-refractivity contribution in [3.05, 3.63) is 17.0 Å². The van der Waals surface area contributed by atoms with Crippen LogP contribution >= 0.6 is 11.3 Å². The molecule has 0 spiro atoms. The van der Waals surface area contributed by atoms with E-state index in [1.54, 1.807) is 11.0 Å². The number of carbonyl (C=O) groups is 1. The highest BCUT2D eigenvalue weighted by Gasteiger charge is 2.34. The molecule has 1 aliphatic rings. The molecule has 1 aliphatic heterocycles.